The summed E-state index contributed by atoms with van der Waals surface area (Å²) in [7, 11) is 0. The highest BCUT2D eigenvalue weighted by atomic mass is 19.1. The third-order valence-electron chi connectivity index (χ3n) is 4.18. The number of aromatic hydroxyl groups is 1. The van der Waals surface area contributed by atoms with Crippen LogP contribution >= 0.6 is 0 Å². The zero-order valence-corrected chi connectivity index (χ0v) is 14.0. The van der Waals surface area contributed by atoms with Gasteiger partial charge >= 0.3 is 5.97 Å². The number of ether oxygens (including phenoxy) is 2. The number of hydrogen-bond acceptors (Lipinski definition) is 5. The van der Waals surface area contributed by atoms with Gasteiger partial charge in [-0.15, -0.1) is 0 Å². The fourth-order valence-electron chi connectivity index (χ4n) is 2.91. The van der Waals surface area contributed by atoms with E-state index in [1.54, 1.807) is 6.92 Å². The summed E-state index contributed by atoms with van der Waals surface area (Å²) in [6, 6.07) is 2.63. The first kappa shape index (κ1) is 18.2. The standard InChI is InChI=1S/C18H23FO5/c1-3-5-12-7-6-11(18(22)24-12)10-14(20)13-8-9-15(23-4-2)16(19)17(13)21/h8-9,11-12,21H,3-7,10H2,1-2H3. The van der Waals surface area contributed by atoms with Crippen LogP contribution in [0.15, 0.2) is 12.1 Å². The lowest BCUT2D eigenvalue weighted by molar-refractivity contribution is -0.160. The molecule has 2 atom stereocenters. The van der Waals surface area contributed by atoms with E-state index in [9.17, 15) is 19.1 Å². The highest BCUT2D eigenvalue weighted by Crippen LogP contribution is 2.32. The quantitative estimate of drug-likeness (QED) is 0.607. The van der Waals surface area contributed by atoms with Crippen molar-refractivity contribution in [1.29, 1.82) is 0 Å². The Bertz CT molecular complexity index is 614. The second-order valence-electron chi connectivity index (χ2n) is 5.96. The van der Waals surface area contributed by atoms with Gasteiger partial charge in [-0.3, -0.25) is 9.59 Å². The van der Waals surface area contributed by atoms with E-state index < -0.39 is 23.3 Å². The molecule has 1 fully saturated rings. The first-order valence-electron chi connectivity index (χ1n) is 8.35. The minimum Gasteiger partial charge on any atom is -0.504 e. The van der Waals surface area contributed by atoms with Crippen molar-refractivity contribution in [2.75, 3.05) is 6.61 Å². The van der Waals surface area contributed by atoms with Gasteiger partial charge < -0.3 is 14.6 Å². The maximum absolute atomic E-state index is 14.0. The summed E-state index contributed by atoms with van der Waals surface area (Å²) in [5.41, 5.74) is -0.139. The summed E-state index contributed by atoms with van der Waals surface area (Å²) in [5, 5.41) is 9.89. The number of ketones is 1. The van der Waals surface area contributed by atoms with E-state index in [1.807, 2.05) is 6.92 Å². The number of Topliss-reactive ketones (excluding diaryl/α,β-unsaturated/α-hetero) is 1. The molecule has 1 heterocycles. The number of rotatable bonds is 7. The lowest BCUT2D eigenvalue weighted by atomic mass is 9.90. The van der Waals surface area contributed by atoms with Crippen molar-refractivity contribution in [2.45, 2.75) is 52.1 Å². The van der Waals surface area contributed by atoms with Gasteiger partial charge in [-0.25, -0.2) is 0 Å². The normalized spacial score (nSPS) is 20.5. The third kappa shape index (κ3) is 4.04. The Morgan fingerprint density at radius 1 is 1.38 bits per heavy atom. The molecule has 0 radical (unpaired) electrons. The fourth-order valence-corrected chi connectivity index (χ4v) is 2.91. The Morgan fingerprint density at radius 3 is 2.75 bits per heavy atom. The van der Waals surface area contributed by atoms with E-state index in [0.717, 1.165) is 19.3 Å². The number of benzene rings is 1. The third-order valence-corrected chi connectivity index (χ3v) is 4.18. The van der Waals surface area contributed by atoms with Crippen molar-refractivity contribution < 1.29 is 28.6 Å². The second kappa shape index (κ2) is 8.13. The Morgan fingerprint density at radius 2 is 2.12 bits per heavy atom. The van der Waals surface area contributed by atoms with Gasteiger partial charge in [0.05, 0.1) is 18.1 Å². The van der Waals surface area contributed by atoms with Crippen molar-refractivity contribution in [3.8, 4) is 11.5 Å². The molecule has 6 heteroatoms. The molecule has 1 aliphatic heterocycles. The minimum atomic E-state index is -0.961. The molecule has 24 heavy (non-hydrogen) atoms. The van der Waals surface area contributed by atoms with Crippen LogP contribution in [0.2, 0.25) is 0 Å². The molecule has 2 unspecified atom stereocenters. The van der Waals surface area contributed by atoms with Crippen LogP contribution in [0.3, 0.4) is 0 Å². The number of hydrogen-bond donors (Lipinski definition) is 1. The van der Waals surface area contributed by atoms with E-state index in [4.69, 9.17) is 9.47 Å². The van der Waals surface area contributed by atoms with Gasteiger partial charge in [0.25, 0.3) is 0 Å². The Kier molecular flexibility index (Phi) is 6.17. The van der Waals surface area contributed by atoms with Crippen LogP contribution in [-0.2, 0) is 9.53 Å². The summed E-state index contributed by atoms with van der Waals surface area (Å²) in [5.74, 6) is -3.22. The largest absolute Gasteiger partial charge is 0.504 e. The monoisotopic (exact) mass is 338 g/mol. The maximum Gasteiger partial charge on any atom is 0.309 e. The average molecular weight is 338 g/mol. The summed E-state index contributed by atoms with van der Waals surface area (Å²) in [6.07, 6.45) is 2.86. The highest BCUT2D eigenvalue weighted by molar-refractivity contribution is 6.00. The van der Waals surface area contributed by atoms with Crippen LogP contribution in [0.4, 0.5) is 4.39 Å². The molecule has 0 aromatic heterocycles. The topological polar surface area (TPSA) is 72.8 Å². The lowest BCUT2D eigenvalue weighted by Gasteiger charge is -2.27. The maximum atomic E-state index is 14.0. The molecule has 132 valence electrons. The van der Waals surface area contributed by atoms with E-state index >= 15 is 0 Å². The Labute approximate surface area is 140 Å². The molecule has 2 rings (SSSR count). The molecule has 5 nitrogen and oxygen atoms in total. The number of carbonyl (C=O) groups is 2. The number of phenols is 1. The lowest BCUT2D eigenvalue weighted by Crippen LogP contribution is -2.32. The fraction of sp³-hybridized carbons (Fsp3) is 0.556. The van der Waals surface area contributed by atoms with E-state index in [-0.39, 0.29) is 36.4 Å². The van der Waals surface area contributed by atoms with E-state index in [1.165, 1.54) is 12.1 Å². The predicted octanol–water partition coefficient (Wildman–Crippen LogP) is 3.62. The van der Waals surface area contributed by atoms with Gasteiger partial charge in [-0.05, 0) is 38.3 Å². The first-order valence-corrected chi connectivity index (χ1v) is 8.35. The molecule has 1 aromatic rings. The summed E-state index contributed by atoms with van der Waals surface area (Å²) >= 11 is 0. The predicted molar refractivity (Wildman–Crippen MR) is 85.7 cm³/mol. The summed E-state index contributed by atoms with van der Waals surface area (Å²) < 4.78 is 24.3. The smallest absolute Gasteiger partial charge is 0.309 e. The molecule has 1 aliphatic rings. The molecule has 0 aliphatic carbocycles. The number of halogens is 1. The molecule has 0 bridgehead atoms. The van der Waals surface area contributed by atoms with Crippen LogP contribution in [0.5, 0.6) is 11.5 Å². The highest BCUT2D eigenvalue weighted by Gasteiger charge is 2.32. The van der Waals surface area contributed by atoms with Crippen LogP contribution in [0.25, 0.3) is 0 Å². The molecular weight excluding hydrogens is 315 g/mol. The van der Waals surface area contributed by atoms with Gasteiger partial charge in [-0.2, -0.15) is 4.39 Å². The molecule has 0 saturated carbocycles. The summed E-state index contributed by atoms with van der Waals surface area (Å²) in [6.45, 7) is 3.96. The first-order chi connectivity index (χ1) is 11.5. The van der Waals surface area contributed by atoms with Crippen molar-refractivity contribution >= 4 is 11.8 Å². The average Bonchev–Trinajstić information content (AvgIpc) is 2.55. The minimum absolute atomic E-state index is 0.0785. The Hall–Kier alpha value is -2.11. The molecule has 1 aromatic carbocycles. The molecule has 1 saturated heterocycles. The molecule has 1 N–H and O–H groups in total. The van der Waals surface area contributed by atoms with Crippen molar-refractivity contribution in [3.63, 3.8) is 0 Å². The molecule has 0 amide bonds. The second-order valence-corrected chi connectivity index (χ2v) is 5.96. The summed E-state index contributed by atoms with van der Waals surface area (Å²) in [4.78, 5) is 24.3. The SMILES string of the molecule is CCCC1CCC(CC(=O)c2ccc(OCC)c(F)c2O)C(=O)O1. The van der Waals surface area contributed by atoms with Crippen molar-refractivity contribution in [2.24, 2.45) is 5.92 Å². The number of esters is 1. The van der Waals surface area contributed by atoms with Gasteiger partial charge in [0.2, 0.25) is 5.82 Å². The van der Waals surface area contributed by atoms with Crippen molar-refractivity contribution in [1.82, 2.24) is 0 Å². The van der Waals surface area contributed by atoms with E-state index in [2.05, 4.69) is 0 Å². The van der Waals surface area contributed by atoms with Crippen LogP contribution in [0.1, 0.15) is 56.3 Å². The zero-order chi connectivity index (χ0) is 17.7. The number of cyclic esters (lactones) is 1. The molecule has 0 spiro atoms. The van der Waals surface area contributed by atoms with Crippen molar-refractivity contribution in [3.05, 3.63) is 23.5 Å². The Balaban J connectivity index is 2.05. The number of phenolic OH excluding ortho intramolecular Hbond substituents is 1. The van der Waals surface area contributed by atoms with Gasteiger partial charge in [0.1, 0.15) is 6.10 Å². The van der Waals surface area contributed by atoms with Gasteiger partial charge in [-0.1, -0.05) is 13.3 Å². The van der Waals surface area contributed by atoms with Crippen LogP contribution < -0.4 is 4.74 Å². The van der Waals surface area contributed by atoms with Gasteiger partial charge in [0, 0.05) is 6.42 Å². The van der Waals surface area contributed by atoms with Crippen LogP contribution in [0, 0.1) is 11.7 Å². The van der Waals surface area contributed by atoms with Gasteiger partial charge in [0.15, 0.2) is 17.3 Å². The zero-order valence-electron chi connectivity index (χ0n) is 14.0. The number of carbonyl (C=O) groups excluding carboxylic acids is 2. The van der Waals surface area contributed by atoms with Crippen LogP contribution in [-0.4, -0.2) is 29.6 Å². The van der Waals surface area contributed by atoms with E-state index in [0.29, 0.717) is 6.42 Å². The molecular formula is C18H23FO5.